The monoisotopic (exact) mass is 869 g/mol. The van der Waals surface area contributed by atoms with Crippen molar-refractivity contribution in [3.8, 4) is 0 Å². The third-order valence-corrected chi connectivity index (χ3v) is 10.1. The number of nitrogens with two attached hydrogens (primary N) is 3. The summed E-state index contributed by atoms with van der Waals surface area (Å²) < 4.78 is 11.2. The van der Waals surface area contributed by atoms with Crippen molar-refractivity contribution in [3.63, 3.8) is 0 Å². The molecule has 1 aliphatic rings. The number of para-hydroxylation sites is 2. The number of aliphatic carboxylic acids is 1. The number of amides is 5. The van der Waals surface area contributed by atoms with E-state index in [9.17, 15) is 49.2 Å². The SMILES string of the molecule is CC(=O)N[C@@H]1[C@@H](OC(C)CN(C(=O)[C@H](C)N)[C@H](CCC(=O)N(C(=O)Cc2ccccc2Nc2c(Cl)cccc2Cl)[C@@H](CCCN)C(=O)O)C(N)=O)[C@H](O)[C@@H](CO)O[C@@H]1O. The van der Waals surface area contributed by atoms with Gasteiger partial charge in [-0.25, -0.2) is 4.79 Å². The summed E-state index contributed by atoms with van der Waals surface area (Å²) >= 11 is 12.7. The van der Waals surface area contributed by atoms with E-state index >= 15 is 0 Å². The van der Waals surface area contributed by atoms with Gasteiger partial charge in [-0.2, -0.15) is 0 Å². The summed E-state index contributed by atoms with van der Waals surface area (Å²) in [4.78, 5) is 80.8. The topological polar surface area (TPSA) is 310 Å². The molecule has 0 aliphatic carbocycles. The van der Waals surface area contributed by atoms with Crippen LogP contribution in [0.1, 0.15) is 52.0 Å². The third-order valence-electron chi connectivity index (χ3n) is 9.49. The largest absolute Gasteiger partial charge is 0.480 e. The second-order valence-corrected chi connectivity index (χ2v) is 14.9. The number of carbonyl (C=O) groups excluding carboxylic acids is 5. The molecule has 3 rings (SSSR count). The predicted molar refractivity (Wildman–Crippen MR) is 215 cm³/mol. The fourth-order valence-electron chi connectivity index (χ4n) is 6.65. The number of hydrogen-bond donors (Lipinski definition) is 9. The van der Waals surface area contributed by atoms with E-state index in [-0.39, 0.29) is 29.4 Å². The number of anilines is 2. The molecule has 21 heteroatoms. The zero-order valence-corrected chi connectivity index (χ0v) is 34.3. The first-order valence-corrected chi connectivity index (χ1v) is 19.5. The van der Waals surface area contributed by atoms with Gasteiger partial charge in [0.2, 0.25) is 29.5 Å². The Balaban J connectivity index is 1.92. The maximum Gasteiger partial charge on any atom is 0.326 e. The molecular formula is C38H53Cl2N7O12. The molecule has 1 saturated heterocycles. The molecule has 326 valence electrons. The average molecular weight is 871 g/mol. The van der Waals surface area contributed by atoms with Crippen LogP contribution < -0.4 is 27.8 Å². The zero-order valence-electron chi connectivity index (χ0n) is 32.8. The number of rotatable bonds is 21. The number of nitrogens with one attached hydrogen (secondary N) is 2. The highest BCUT2D eigenvalue weighted by Gasteiger charge is 2.47. The first kappa shape index (κ1) is 48.9. The number of benzene rings is 2. The number of carboxylic acids is 1. The van der Waals surface area contributed by atoms with Crippen molar-refractivity contribution in [1.29, 1.82) is 0 Å². The van der Waals surface area contributed by atoms with E-state index in [1.54, 1.807) is 42.5 Å². The molecule has 0 spiro atoms. The summed E-state index contributed by atoms with van der Waals surface area (Å²) in [5.74, 6) is -5.86. The van der Waals surface area contributed by atoms with Crippen LogP contribution in [0.3, 0.4) is 0 Å². The molecule has 0 aromatic heterocycles. The maximum absolute atomic E-state index is 14.1. The quantitative estimate of drug-likeness (QED) is 0.0797. The highest BCUT2D eigenvalue weighted by Crippen LogP contribution is 2.34. The molecule has 2 aromatic carbocycles. The minimum Gasteiger partial charge on any atom is -0.480 e. The number of nitrogens with zero attached hydrogens (tertiary/aromatic N) is 2. The van der Waals surface area contributed by atoms with Crippen LogP contribution in [0, 0.1) is 0 Å². The standard InChI is InChI=1S/C38H53Cl2N7O12/c1-19(58-34-32(44-21(3)49)38(57)59-28(18-48)33(34)52)17-46(36(54)20(2)42)26(35(43)53)13-14-29(50)47(27(37(55)56)12-7-15-41)30(51)16-22-8-4-5-11-25(22)45-31-23(39)9-6-10-24(31)40/h4-6,8-11,19-20,26-28,32-34,38,45,48,52,57H,7,12-18,41-42H2,1-3H3,(H2,43,53)(H,44,49)(H,55,56)/t19?,20-,26+,27-,28+,32+,33+,34+,38-/m0/s1. The van der Waals surface area contributed by atoms with Gasteiger partial charge in [-0.3, -0.25) is 28.9 Å². The van der Waals surface area contributed by atoms with E-state index in [0.717, 1.165) is 11.8 Å². The Kier molecular flexibility index (Phi) is 18.9. The van der Waals surface area contributed by atoms with Crippen LogP contribution in [0.2, 0.25) is 10.0 Å². The summed E-state index contributed by atoms with van der Waals surface area (Å²) in [7, 11) is 0. The summed E-state index contributed by atoms with van der Waals surface area (Å²) in [6, 6.07) is 5.67. The molecule has 0 bridgehead atoms. The van der Waals surface area contributed by atoms with Crippen molar-refractivity contribution < 1.29 is 58.7 Å². The summed E-state index contributed by atoms with van der Waals surface area (Å²) in [5.41, 5.74) is 18.5. The fraction of sp³-hybridized carbons (Fsp3) is 0.526. The zero-order chi connectivity index (χ0) is 44.1. The summed E-state index contributed by atoms with van der Waals surface area (Å²) in [6.45, 7) is 2.83. The van der Waals surface area contributed by atoms with Crippen molar-refractivity contribution in [3.05, 3.63) is 58.1 Å². The van der Waals surface area contributed by atoms with Gasteiger partial charge in [0.05, 0.1) is 40.9 Å². The molecule has 0 saturated carbocycles. The molecule has 59 heavy (non-hydrogen) atoms. The summed E-state index contributed by atoms with van der Waals surface area (Å²) in [5, 5.41) is 47.5. The van der Waals surface area contributed by atoms with Gasteiger partial charge in [-0.1, -0.05) is 47.5 Å². The van der Waals surface area contributed by atoms with E-state index in [2.05, 4.69) is 10.6 Å². The molecule has 1 aliphatic heterocycles. The highest BCUT2D eigenvalue weighted by molar-refractivity contribution is 6.39. The Morgan fingerprint density at radius 2 is 1.61 bits per heavy atom. The molecule has 1 heterocycles. The second kappa shape index (κ2) is 22.8. The van der Waals surface area contributed by atoms with E-state index in [4.69, 9.17) is 49.9 Å². The second-order valence-electron chi connectivity index (χ2n) is 14.1. The summed E-state index contributed by atoms with van der Waals surface area (Å²) in [6.07, 6.45) is -8.73. The molecule has 12 N–H and O–H groups in total. The lowest BCUT2D eigenvalue weighted by atomic mass is 9.96. The van der Waals surface area contributed by atoms with Crippen molar-refractivity contribution in [2.45, 2.75) is 108 Å². The predicted octanol–water partition coefficient (Wildman–Crippen LogP) is -0.0145. The lowest BCUT2D eigenvalue weighted by Crippen LogP contribution is -2.65. The van der Waals surface area contributed by atoms with E-state index in [1.807, 2.05) is 0 Å². The Bertz CT molecular complexity index is 1790. The van der Waals surface area contributed by atoms with Crippen LogP contribution in [-0.4, -0.2) is 140 Å². The number of carboxylic acid groups (broad SMARTS) is 1. The van der Waals surface area contributed by atoms with Crippen molar-refractivity contribution in [2.75, 3.05) is 25.0 Å². The molecule has 1 unspecified atom stereocenters. The number of primary amides is 1. The maximum atomic E-state index is 14.1. The van der Waals surface area contributed by atoms with Gasteiger partial charge in [0.15, 0.2) is 6.29 Å². The number of halogens is 2. The van der Waals surface area contributed by atoms with E-state index < -0.39 is 123 Å². The van der Waals surface area contributed by atoms with Gasteiger partial charge < -0.3 is 62.6 Å². The van der Waals surface area contributed by atoms with Crippen LogP contribution in [0.15, 0.2) is 42.5 Å². The molecule has 2 aromatic rings. The fourth-order valence-corrected chi connectivity index (χ4v) is 7.14. The van der Waals surface area contributed by atoms with Crippen molar-refractivity contribution >= 4 is 70.1 Å². The minimum atomic E-state index is -1.71. The van der Waals surface area contributed by atoms with Crippen LogP contribution in [0.25, 0.3) is 0 Å². The molecule has 19 nitrogen and oxygen atoms in total. The van der Waals surface area contributed by atoms with Crippen molar-refractivity contribution in [1.82, 2.24) is 15.1 Å². The first-order chi connectivity index (χ1) is 27.8. The van der Waals surface area contributed by atoms with Crippen LogP contribution in [-0.2, 0) is 44.7 Å². The molecule has 1 fully saturated rings. The van der Waals surface area contributed by atoms with Gasteiger partial charge in [0.1, 0.15) is 36.4 Å². The number of aliphatic hydroxyl groups is 3. The number of aliphatic hydroxyl groups excluding tert-OH is 3. The normalized spacial score (nSPS) is 21.0. The Morgan fingerprint density at radius 1 is 0.966 bits per heavy atom. The highest BCUT2D eigenvalue weighted by atomic mass is 35.5. The minimum absolute atomic E-state index is 0.0553. The number of ether oxygens (including phenoxy) is 2. The molecule has 9 atom stereocenters. The van der Waals surface area contributed by atoms with Gasteiger partial charge in [-0.15, -0.1) is 0 Å². The van der Waals surface area contributed by atoms with Gasteiger partial charge in [0.25, 0.3) is 0 Å². The van der Waals surface area contributed by atoms with E-state index in [1.165, 1.54) is 13.8 Å². The van der Waals surface area contributed by atoms with Crippen LogP contribution >= 0.6 is 23.2 Å². The van der Waals surface area contributed by atoms with Crippen LogP contribution in [0.4, 0.5) is 11.4 Å². The smallest absolute Gasteiger partial charge is 0.326 e. The lowest BCUT2D eigenvalue weighted by Gasteiger charge is -2.44. The van der Waals surface area contributed by atoms with Gasteiger partial charge >= 0.3 is 5.97 Å². The van der Waals surface area contributed by atoms with Crippen molar-refractivity contribution in [2.24, 2.45) is 17.2 Å². The third kappa shape index (κ3) is 13.3. The number of imide groups is 1. The molecule has 0 radical (unpaired) electrons. The first-order valence-electron chi connectivity index (χ1n) is 18.8. The van der Waals surface area contributed by atoms with Gasteiger partial charge in [0, 0.05) is 25.6 Å². The molecule has 5 amide bonds. The van der Waals surface area contributed by atoms with Crippen LogP contribution in [0.5, 0.6) is 0 Å². The number of carbonyl (C=O) groups is 6. The number of hydrogen-bond acceptors (Lipinski definition) is 14. The average Bonchev–Trinajstić information content (AvgIpc) is 3.16. The Labute approximate surface area is 351 Å². The lowest BCUT2D eigenvalue weighted by molar-refractivity contribution is -0.268. The molecular weight excluding hydrogens is 817 g/mol. The van der Waals surface area contributed by atoms with Gasteiger partial charge in [-0.05, 0) is 63.4 Å². The van der Waals surface area contributed by atoms with E-state index in [0.29, 0.717) is 21.8 Å². The Morgan fingerprint density at radius 3 is 2.17 bits per heavy atom. The Hall–Kier alpha value is -4.44.